The number of carbonyl (C=O) groups is 1. The smallest absolute Gasteiger partial charge is 0.234 e. The highest BCUT2D eigenvalue weighted by Gasteiger charge is 2.18. The number of aryl methyl sites for hydroxylation is 1. The minimum Gasteiger partial charge on any atom is -0.492 e. The summed E-state index contributed by atoms with van der Waals surface area (Å²) in [6.45, 7) is 6.50. The van der Waals surface area contributed by atoms with Gasteiger partial charge < -0.3 is 19.4 Å². The largest absolute Gasteiger partial charge is 0.492 e. The van der Waals surface area contributed by atoms with Crippen LogP contribution < -0.4 is 14.8 Å². The van der Waals surface area contributed by atoms with Gasteiger partial charge in [-0.05, 0) is 50.1 Å². The number of anilines is 1. The van der Waals surface area contributed by atoms with E-state index in [9.17, 15) is 4.79 Å². The highest BCUT2D eigenvalue weighted by molar-refractivity contribution is 7.99. The SMILES string of the molecule is CCOc1ccccc1NC(=O)CSc1nnc(C(C)Oc2ccc(CC)cc2)n1C. The van der Waals surface area contributed by atoms with Crippen LogP contribution in [0.2, 0.25) is 0 Å². The molecule has 2 aromatic carbocycles. The molecular weight excluding hydrogens is 412 g/mol. The van der Waals surface area contributed by atoms with E-state index in [1.807, 2.05) is 61.9 Å². The molecule has 3 rings (SSSR count). The van der Waals surface area contributed by atoms with E-state index >= 15 is 0 Å². The number of rotatable bonds is 10. The van der Waals surface area contributed by atoms with Crippen molar-refractivity contribution in [2.75, 3.05) is 17.7 Å². The summed E-state index contributed by atoms with van der Waals surface area (Å²) in [6, 6.07) is 15.4. The highest BCUT2D eigenvalue weighted by atomic mass is 32.2. The van der Waals surface area contributed by atoms with Crippen LogP contribution in [0.25, 0.3) is 0 Å². The van der Waals surface area contributed by atoms with Gasteiger partial charge in [0.05, 0.1) is 18.0 Å². The van der Waals surface area contributed by atoms with Gasteiger partial charge in [-0.25, -0.2) is 0 Å². The molecule has 0 bridgehead atoms. The second-order valence-electron chi connectivity index (χ2n) is 6.92. The number of nitrogens with one attached hydrogen (secondary N) is 1. The summed E-state index contributed by atoms with van der Waals surface area (Å²) in [5, 5.41) is 12.0. The summed E-state index contributed by atoms with van der Waals surface area (Å²) >= 11 is 1.32. The fourth-order valence-electron chi connectivity index (χ4n) is 3.03. The lowest BCUT2D eigenvalue weighted by molar-refractivity contribution is -0.113. The topological polar surface area (TPSA) is 78.3 Å². The number of thioether (sulfide) groups is 1. The Morgan fingerprint density at radius 3 is 2.58 bits per heavy atom. The van der Waals surface area contributed by atoms with Crippen LogP contribution in [0.15, 0.2) is 53.7 Å². The van der Waals surface area contributed by atoms with Gasteiger partial charge in [0.15, 0.2) is 17.1 Å². The summed E-state index contributed by atoms with van der Waals surface area (Å²) in [5.41, 5.74) is 1.92. The monoisotopic (exact) mass is 440 g/mol. The van der Waals surface area contributed by atoms with Gasteiger partial charge >= 0.3 is 0 Å². The van der Waals surface area contributed by atoms with E-state index in [-0.39, 0.29) is 17.8 Å². The van der Waals surface area contributed by atoms with Crippen molar-refractivity contribution in [3.8, 4) is 11.5 Å². The van der Waals surface area contributed by atoms with Crippen LogP contribution in [0, 0.1) is 0 Å². The molecule has 164 valence electrons. The minimum atomic E-state index is -0.272. The zero-order valence-corrected chi connectivity index (χ0v) is 19.1. The molecule has 1 heterocycles. The van der Waals surface area contributed by atoms with Gasteiger partial charge in [0.2, 0.25) is 5.91 Å². The first kappa shape index (κ1) is 22.7. The summed E-state index contributed by atoms with van der Waals surface area (Å²) in [5.74, 6) is 2.21. The Hall–Kier alpha value is -3.00. The van der Waals surface area contributed by atoms with Gasteiger partial charge in [0, 0.05) is 7.05 Å². The normalized spacial score (nSPS) is 11.7. The van der Waals surface area contributed by atoms with E-state index in [0.717, 1.165) is 12.2 Å². The van der Waals surface area contributed by atoms with Gasteiger partial charge in [0.25, 0.3) is 0 Å². The third-order valence-electron chi connectivity index (χ3n) is 4.67. The maximum atomic E-state index is 12.4. The van der Waals surface area contributed by atoms with E-state index in [2.05, 4.69) is 34.6 Å². The Morgan fingerprint density at radius 2 is 1.87 bits per heavy atom. The van der Waals surface area contributed by atoms with Crippen LogP contribution in [-0.2, 0) is 18.3 Å². The average Bonchev–Trinajstić information content (AvgIpc) is 3.15. The fourth-order valence-corrected chi connectivity index (χ4v) is 3.75. The number of amides is 1. The number of hydrogen-bond donors (Lipinski definition) is 1. The number of para-hydroxylation sites is 2. The van der Waals surface area contributed by atoms with Crippen LogP contribution in [0.1, 0.15) is 38.3 Å². The summed E-state index contributed by atoms with van der Waals surface area (Å²) < 4.78 is 13.4. The molecule has 0 spiro atoms. The van der Waals surface area contributed by atoms with Gasteiger partial charge in [-0.3, -0.25) is 4.79 Å². The predicted molar refractivity (Wildman–Crippen MR) is 123 cm³/mol. The number of benzene rings is 2. The zero-order chi connectivity index (χ0) is 22.2. The lowest BCUT2D eigenvalue weighted by Gasteiger charge is -2.14. The summed E-state index contributed by atoms with van der Waals surface area (Å²) in [7, 11) is 1.88. The number of ether oxygens (including phenoxy) is 2. The molecule has 0 radical (unpaired) electrons. The van der Waals surface area contributed by atoms with Crippen LogP contribution >= 0.6 is 11.8 Å². The molecule has 31 heavy (non-hydrogen) atoms. The van der Waals surface area contributed by atoms with Crippen molar-refractivity contribution < 1.29 is 14.3 Å². The Kier molecular flexibility index (Phi) is 7.94. The molecule has 7 nitrogen and oxygen atoms in total. The number of aromatic nitrogens is 3. The quantitative estimate of drug-likeness (QED) is 0.463. The molecule has 1 amide bonds. The maximum absolute atomic E-state index is 12.4. The van der Waals surface area contributed by atoms with E-state index in [4.69, 9.17) is 9.47 Å². The van der Waals surface area contributed by atoms with E-state index in [1.165, 1.54) is 17.3 Å². The number of nitrogens with zero attached hydrogens (tertiary/aromatic N) is 3. The van der Waals surface area contributed by atoms with E-state index < -0.39 is 0 Å². The second-order valence-corrected chi connectivity index (χ2v) is 7.87. The third kappa shape index (κ3) is 6.01. The lowest BCUT2D eigenvalue weighted by Crippen LogP contribution is -2.15. The summed E-state index contributed by atoms with van der Waals surface area (Å²) in [6.07, 6.45) is 0.719. The molecule has 3 aromatic rings. The fraction of sp³-hybridized carbons (Fsp3) is 0.348. The van der Waals surface area contributed by atoms with Crippen molar-refractivity contribution in [2.45, 2.75) is 38.5 Å². The van der Waals surface area contributed by atoms with E-state index in [1.54, 1.807) is 0 Å². The molecule has 0 aliphatic carbocycles. The minimum absolute atomic E-state index is 0.137. The van der Waals surface area contributed by atoms with Crippen LogP contribution in [0.4, 0.5) is 5.69 Å². The first-order valence-corrected chi connectivity index (χ1v) is 11.3. The molecule has 0 aliphatic rings. The maximum Gasteiger partial charge on any atom is 0.234 e. The van der Waals surface area contributed by atoms with Gasteiger partial charge in [-0.2, -0.15) is 0 Å². The Balaban J connectivity index is 1.58. The molecule has 0 saturated carbocycles. The molecule has 8 heteroatoms. The van der Waals surface area contributed by atoms with Gasteiger partial charge in [-0.1, -0.05) is 43.0 Å². The van der Waals surface area contributed by atoms with Gasteiger partial charge in [-0.15, -0.1) is 10.2 Å². The average molecular weight is 441 g/mol. The predicted octanol–water partition coefficient (Wildman–Crippen LogP) is 4.65. The molecule has 1 unspecified atom stereocenters. The van der Waals surface area contributed by atoms with Crippen LogP contribution in [0.3, 0.4) is 0 Å². The van der Waals surface area contributed by atoms with Crippen LogP contribution in [-0.4, -0.2) is 33.0 Å². The lowest BCUT2D eigenvalue weighted by atomic mass is 10.2. The van der Waals surface area contributed by atoms with Crippen molar-refractivity contribution in [1.82, 2.24) is 14.8 Å². The summed E-state index contributed by atoms with van der Waals surface area (Å²) in [4.78, 5) is 12.4. The second kappa shape index (κ2) is 10.9. The third-order valence-corrected chi connectivity index (χ3v) is 5.69. The first-order valence-electron chi connectivity index (χ1n) is 10.3. The molecule has 0 aliphatic heterocycles. The molecule has 0 fully saturated rings. The van der Waals surface area contributed by atoms with Gasteiger partial charge in [0.1, 0.15) is 11.5 Å². The zero-order valence-electron chi connectivity index (χ0n) is 18.3. The van der Waals surface area contributed by atoms with Crippen molar-refractivity contribution >= 4 is 23.4 Å². The molecule has 0 saturated heterocycles. The van der Waals surface area contributed by atoms with Crippen molar-refractivity contribution in [3.63, 3.8) is 0 Å². The molecule has 1 N–H and O–H groups in total. The molecular formula is C23H28N4O3S. The molecule has 1 atom stereocenters. The Morgan fingerprint density at radius 1 is 1.13 bits per heavy atom. The standard InChI is InChI=1S/C23H28N4O3S/c1-5-17-11-13-18(14-12-17)30-16(3)22-25-26-23(27(22)4)31-15-21(28)24-19-9-7-8-10-20(19)29-6-2/h7-14,16H,5-6,15H2,1-4H3,(H,24,28). The highest BCUT2D eigenvalue weighted by Crippen LogP contribution is 2.26. The van der Waals surface area contributed by atoms with Crippen molar-refractivity contribution in [1.29, 1.82) is 0 Å². The number of hydrogen-bond acceptors (Lipinski definition) is 6. The Labute approximate surface area is 187 Å². The van der Waals surface area contributed by atoms with Crippen LogP contribution in [0.5, 0.6) is 11.5 Å². The Bertz CT molecular complexity index is 1000. The van der Waals surface area contributed by atoms with E-state index in [0.29, 0.717) is 29.0 Å². The molecule has 1 aromatic heterocycles. The van der Waals surface area contributed by atoms with Crippen molar-refractivity contribution in [2.24, 2.45) is 7.05 Å². The number of carbonyl (C=O) groups excluding carboxylic acids is 1. The first-order chi connectivity index (χ1) is 15.0. The van der Waals surface area contributed by atoms with Crippen molar-refractivity contribution in [3.05, 3.63) is 59.9 Å².